The Hall–Kier alpha value is -2.89. The topological polar surface area (TPSA) is 78.9 Å². The number of hydrogen-bond donors (Lipinski definition) is 0. The van der Waals surface area contributed by atoms with Crippen LogP contribution in [-0.2, 0) is 28.6 Å². The highest BCUT2D eigenvalue weighted by molar-refractivity contribution is 5.71. The molecule has 0 amide bonds. The Labute approximate surface area is 415 Å². The van der Waals surface area contributed by atoms with Gasteiger partial charge in [-0.1, -0.05) is 248 Å². The summed E-state index contributed by atoms with van der Waals surface area (Å²) < 4.78 is 16.9. The van der Waals surface area contributed by atoms with Crippen molar-refractivity contribution in [1.29, 1.82) is 0 Å². The highest BCUT2D eigenvalue weighted by Gasteiger charge is 2.19. The molecule has 0 N–H and O–H groups in total. The number of esters is 3. The van der Waals surface area contributed by atoms with Gasteiger partial charge in [0.05, 0.1) is 0 Å². The van der Waals surface area contributed by atoms with E-state index in [1.165, 1.54) is 154 Å². The molecular formula is C61H108O6. The molecule has 388 valence electrons. The lowest BCUT2D eigenvalue weighted by molar-refractivity contribution is -0.167. The van der Waals surface area contributed by atoms with Crippen molar-refractivity contribution in [2.45, 2.75) is 297 Å². The maximum absolute atomic E-state index is 12.9. The second-order valence-corrected chi connectivity index (χ2v) is 19.2. The van der Waals surface area contributed by atoms with Gasteiger partial charge in [-0.25, -0.2) is 0 Å². The molecule has 0 aliphatic rings. The van der Waals surface area contributed by atoms with E-state index >= 15 is 0 Å². The van der Waals surface area contributed by atoms with Crippen molar-refractivity contribution in [3.63, 3.8) is 0 Å². The van der Waals surface area contributed by atoms with E-state index in [1.807, 2.05) is 0 Å². The molecule has 67 heavy (non-hydrogen) atoms. The van der Waals surface area contributed by atoms with Crippen LogP contribution in [0.3, 0.4) is 0 Å². The SMILES string of the molecule is CC/C=C\C/C=C\C/C=C\C/C=C\CCCCCCC(=O)OC[C@H](COC(=O)CCCCCCCCCCCCCCC)OC(=O)CCCCCCCCCCC/C=C\CCCCCCCC. The van der Waals surface area contributed by atoms with Gasteiger partial charge in [0.2, 0.25) is 0 Å². The molecule has 0 bridgehead atoms. The number of carbonyl (C=O) groups excluding carboxylic acids is 3. The van der Waals surface area contributed by atoms with E-state index in [9.17, 15) is 14.4 Å². The summed E-state index contributed by atoms with van der Waals surface area (Å²) in [5.41, 5.74) is 0. The van der Waals surface area contributed by atoms with Crippen LogP contribution in [-0.4, -0.2) is 37.2 Å². The molecule has 0 aromatic heterocycles. The van der Waals surface area contributed by atoms with E-state index in [4.69, 9.17) is 14.2 Å². The van der Waals surface area contributed by atoms with E-state index in [0.717, 1.165) is 96.3 Å². The smallest absolute Gasteiger partial charge is 0.306 e. The molecule has 0 saturated carbocycles. The van der Waals surface area contributed by atoms with Crippen LogP contribution in [0, 0.1) is 0 Å². The minimum atomic E-state index is -0.783. The Morgan fingerprint density at radius 3 is 0.925 bits per heavy atom. The third-order valence-electron chi connectivity index (χ3n) is 12.5. The average Bonchev–Trinajstić information content (AvgIpc) is 3.33. The maximum atomic E-state index is 12.9. The van der Waals surface area contributed by atoms with Gasteiger partial charge in [-0.3, -0.25) is 14.4 Å². The van der Waals surface area contributed by atoms with Gasteiger partial charge < -0.3 is 14.2 Å². The molecule has 0 spiro atoms. The number of rotatable bonds is 52. The molecule has 0 aliphatic carbocycles. The zero-order chi connectivity index (χ0) is 48.6. The molecule has 0 aromatic rings. The molecule has 0 saturated heterocycles. The molecule has 0 rings (SSSR count). The minimum Gasteiger partial charge on any atom is -0.462 e. The normalized spacial score (nSPS) is 12.5. The van der Waals surface area contributed by atoms with Gasteiger partial charge in [-0.15, -0.1) is 0 Å². The quantitative estimate of drug-likeness (QED) is 0.0262. The van der Waals surface area contributed by atoms with E-state index < -0.39 is 6.10 Å². The molecule has 6 heteroatoms. The summed E-state index contributed by atoms with van der Waals surface area (Å²) in [6.07, 6.45) is 69.2. The van der Waals surface area contributed by atoms with Crippen molar-refractivity contribution >= 4 is 17.9 Å². The fourth-order valence-corrected chi connectivity index (χ4v) is 8.19. The van der Waals surface area contributed by atoms with Crippen LogP contribution >= 0.6 is 0 Å². The summed E-state index contributed by atoms with van der Waals surface area (Å²) in [7, 11) is 0. The van der Waals surface area contributed by atoms with Crippen LogP contribution in [0.25, 0.3) is 0 Å². The Balaban J connectivity index is 4.39. The number of hydrogen-bond acceptors (Lipinski definition) is 6. The summed E-state index contributed by atoms with van der Waals surface area (Å²) >= 11 is 0. The van der Waals surface area contributed by atoms with Gasteiger partial charge in [-0.2, -0.15) is 0 Å². The monoisotopic (exact) mass is 937 g/mol. The molecule has 0 radical (unpaired) electrons. The predicted octanol–water partition coefficient (Wildman–Crippen LogP) is 19.2. The summed E-state index contributed by atoms with van der Waals surface area (Å²) in [6, 6.07) is 0. The third kappa shape index (κ3) is 53.9. The largest absolute Gasteiger partial charge is 0.462 e. The van der Waals surface area contributed by atoms with Crippen LogP contribution in [0.15, 0.2) is 60.8 Å². The molecule has 0 heterocycles. The second-order valence-electron chi connectivity index (χ2n) is 19.2. The molecule has 0 fully saturated rings. The molecule has 1 atom stereocenters. The Morgan fingerprint density at radius 2 is 0.582 bits per heavy atom. The van der Waals surface area contributed by atoms with Crippen molar-refractivity contribution < 1.29 is 28.6 Å². The van der Waals surface area contributed by atoms with Crippen LogP contribution in [0.2, 0.25) is 0 Å². The highest BCUT2D eigenvalue weighted by atomic mass is 16.6. The Bertz CT molecular complexity index is 1210. The summed E-state index contributed by atoms with van der Waals surface area (Å²) in [5, 5.41) is 0. The zero-order valence-corrected chi connectivity index (χ0v) is 44.4. The lowest BCUT2D eigenvalue weighted by Crippen LogP contribution is -2.30. The number of unbranched alkanes of at least 4 members (excludes halogenated alkanes) is 31. The first-order valence-electron chi connectivity index (χ1n) is 28.8. The van der Waals surface area contributed by atoms with Crippen molar-refractivity contribution in [2.24, 2.45) is 0 Å². The van der Waals surface area contributed by atoms with Crippen LogP contribution in [0.5, 0.6) is 0 Å². The van der Waals surface area contributed by atoms with E-state index in [-0.39, 0.29) is 31.1 Å². The van der Waals surface area contributed by atoms with E-state index in [1.54, 1.807) is 0 Å². The first-order chi connectivity index (χ1) is 33.0. The van der Waals surface area contributed by atoms with E-state index in [2.05, 4.69) is 81.5 Å². The third-order valence-corrected chi connectivity index (χ3v) is 12.5. The molecule has 0 aliphatic heterocycles. The van der Waals surface area contributed by atoms with Crippen molar-refractivity contribution in [2.75, 3.05) is 13.2 Å². The van der Waals surface area contributed by atoms with Crippen LogP contribution in [0.1, 0.15) is 290 Å². The van der Waals surface area contributed by atoms with Gasteiger partial charge >= 0.3 is 17.9 Å². The predicted molar refractivity (Wildman–Crippen MR) is 288 cm³/mol. The average molecular weight is 938 g/mol. The minimum absolute atomic E-state index is 0.0803. The standard InChI is InChI=1S/C61H108O6/c1-4-7-10-13-16-19-22-25-27-29-30-32-34-37-40-43-46-49-52-55-61(64)67-58(56-65-59(62)53-50-47-44-41-38-35-24-21-18-15-12-9-6-3)57-66-60(63)54-51-48-45-42-39-36-33-31-28-26-23-20-17-14-11-8-5-2/h8,11,17,20,25-28,33,36,58H,4-7,9-10,12-16,18-19,21-24,29-32,34-35,37-57H2,1-3H3/b11-8-,20-17-,27-25-,28-26-,36-33-/t58-/m0/s1. The van der Waals surface area contributed by atoms with Gasteiger partial charge in [0.15, 0.2) is 6.10 Å². The molecule has 0 aromatic carbocycles. The summed E-state index contributed by atoms with van der Waals surface area (Å²) in [6.45, 7) is 6.53. The number of allylic oxidation sites excluding steroid dienone is 10. The Kier molecular flexibility index (Phi) is 53.3. The molecule has 0 unspecified atom stereocenters. The summed E-state index contributed by atoms with van der Waals surface area (Å²) in [4.78, 5) is 38.1. The number of ether oxygens (including phenoxy) is 3. The lowest BCUT2D eigenvalue weighted by atomic mass is 10.0. The maximum Gasteiger partial charge on any atom is 0.306 e. The first-order valence-corrected chi connectivity index (χ1v) is 28.8. The van der Waals surface area contributed by atoms with Crippen molar-refractivity contribution in [3.8, 4) is 0 Å². The van der Waals surface area contributed by atoms with Crippen LogP contribution < -0.4 is 0 Å². The zero-order valence-electron chi connectivity index (χ0n) is 44.4. The van der Waals surface area contributed by atoms with Gasteiger partial charge in [0, 0.05) is 19.3 Å². The Morgan fingerprint density at radius 1 is 0.313 bits per heavy atom. The summed E-state index contributed by atoms with van der Waals surface area (Å²) in [5.74, 6) is -0.895. The lowest BCUT2D eigenvalue weighted by Gasteiger charge is -2.18. The van der Waals surface area contributed by atoms with E-state index in [0.29, 0.717) is 19.3 Å². The van der Waals surface area contributed by atoms with Gasteiger partial charge in [0.25, 0.3) is 0 Å². The van der Waals surface area contributed by atoms with Crippen LogP contribution in [0.4, 0.5) is 0 Å². The van der Waals surface area contributed by atoms with Crippen molar-refractivity contribution in [3.05, 3.63) is 60.8 Å². The number of carbonyl (C=O) groups is 3. The molecular weight excluding hydrogens is 829 g/mol. The molecule has 6 nitrogen and oxygen atoms in total. The fraction of sp³-hybridized carbons (Fsp3) is 0.787. The highest BCUT2D eigenvalue weighted by Crippen LogP contribution is 2.16. The first kappa shape index (κ1) is 64.1. The second kappa shape index (κ2) is 55.7. The fourth-order valence-electron chi connectivity index (χ4n) is 8.19. The van der Waals surface area contributed by atoms with Crippen molar-refractivity contribution in [1.82, 2.24) is 0 Å². The van der Waals surface area contributed by atoms with Gasteiger partial charge in [0.1, 0.15) is 13.2 Å². The van der Waals surface area contributed by atoms with Gasteiger partial charge in [-0.05, 0) is 83.5 Å².